The molecule has 6 rings (SSSR count). The maximum atomic E-state index is 12.1. The van der Waals surface area contributed by atoms with Gasteiger partial charge in [0.05, 0.1) is 12.2 Å². The average Bonchev–Trinajstić information content (AvgIpc) is 3.45. The molecule has 5 nitrogen and oxygen atoms in total. The standard InChI is InChI=1S/C21H28O5/c1-9(2)15-10(3)20-14(25-20)7-13-12-8-24-18(23)11(12)5-6-19(13,4)21(20)17(26-21)16(15)22/h9-10,13-17,22H,5-8H2,1-4H3. The molecule has 1 N–H and O–H groups in total. The Bertz CT molecular complexity index is 758. The zero-order chi connectivity index (χ0) is 18.2. The van der Waals surface area contributed by atoms with Crippen molar-refractivity contribution in [3.05, 3.63) is 11.1 Å². The summed E-state index contributed by atoms with van der Waals surface area (Å²) in [5, 5.41) is 11.1. The molecule has 3 aliphatic heterocycles. The summed E-state index contributed by atoms with van der Waals surface area (Å²) in [6.07, 6.45) is 2.23. The van der Waals surface area contributed by atoms with Crippen molar-refractivity contribution in [2.24, 2.45) is 29.1 Å². The highest BCUT2D eigenvalue weighted by Crippen LogP contribution is 2.80. The summed E-state index contributed by atoms with van der Waals surface area (Å²) in [4.78, 5) is 12.1. The molecule has 0 amide bonds. The quantitative estimate of drug-likeness (QED) is 0.573. The number of aliphatic hydroxyl groups is 1. The Morgan fingerprint density at radius 2 is 2.04 bits per heavy atom. The van der Waals surface area contributed by atoms with E-state index >= 15 is 0 Å². The molecule has 0 bridgehead atoms. The van der Waals surface area contributed by atoms with Gasteiger partial charge in [0.25, 0.3) is 0 Å². The van der Waals surface area contributed by atoms with Gasteiger partial charge in [-0.1, -0.05) is 27.7 Å². The third-order valence-electron chi connectivity index (χ3n) is 9.10. The zero-order valence-electron chi connectivity index (χ0n) is 16.0. The van der Waals surface area contributed by atoms with Crippen LogP contribution in [0.3, 0.4) is 0 Å². The molecule has 0 radical (unpaired) electrons. The van der Waals surface area contributed by atoms with Crippen LogP contribution in [0.15, 0.2) is 11.1 Å². The van der Waals surface area contributed by atoms with Crippen LogP contribution in [0.2, 0.25) is 0 Å². The van der Waals surface area contributed by atoms with Crippen LogP contribution in [0.25, 0.3) is 0 Å². The fourth-order valence-electron chi connectivity index (χ4n) is 7.97. The van der Waals surface area contributed by atoms with E-state index in [1.165, 1.54) is 5.57 Å². The van der Waals surface area contributed by atoms with E-state index in [2.05, 4.69) is 27.7 Å². The molecule has 0 aromatic carbocycles. The van der Waals surface area contributed by atoms with E-state index in [9.17, 15) is 9.90 Å². The van der Waals surface area contributed by atoms with Crippen molar-refractivity contribution in [1.82, 2.24) is 0 Å². The minimum Gasteiger partial charge on any atom is -0.458 e. The van der Waals surface area contributed by atoms with Crippen molar-refractivity contribution in [2.45, 2.75) is 76.5 Å². The SMILES string of the molecule is CC(C)C1C(O)C2OC23C2(C)CCC4=C(COC4=O)C2CC2OC23C1C. The number of carbonyl (C=O) groups excluding carboxylic acids is 1. The lowest BCUT2D eigenvalue weighted by atomic mass is 9.45. The first kappa shape index (κ1) is 16.1. The number of fused-ring (bicyclic) bond motifs is 2. The van der Waals surface area contributed by atoms with Gasteiger partial charge in [-0.15, -0.1) is 0 Å². The summed E-state index contributed by atoms with van der Waals surface area (Å²) in [6.45, 7) is 9.40. The molecule has 2 saturated heterocycles. The monoisotopic (exact) mass is 360 g/mol. The van der Waals surface area contributed by atoms with Crippen LogP contribution in [0.4, 0.5) is 0 Å². The number of aliphatic hydroxyl groups excluding tert-OH is 1. The molecule has 2 saturated carbocycles. The second-order valence-corrected chi connectivity index (χ2v) is 10.1. The highest BCUT2D eigenvalue weighted by Gasteiger charge is 2.93. The minimum absolute atomic E-state index is 0.103. The van der Waals surface area contributed by atoms with Gasteiger partial charge in [0.2, 0.25) is 0 Å². The van der Waals surface area contributed by atoms with E-state index in [1.807, 2.05) is 0 Å². The first-order valence-corrected chi connectivity index (χ1v) is 10.2. The number of ether oxygens (including phenoxy) is 3. The van der Waals surface area contributed by atoms with E-state index in [1.54, 1.807) is 0 Å². The Kier molecular flexibility index (Phi) is 2.72. The lowest BCUT2D eigenvalue weighted by molar-refractivity contribution is -0.136. The molecule has 5 heteroatoms. The topological polar surface area (TPSA) is 71.6 Å². The molecule has 0 aromatic rings. The van der Waals surface area contributed by atoms with Gasteiger partial charge in [-0.25, -0.2) is 4.79 Å². The molecule has 9 unspecified atom stereocenters. The zero-order valence-corrected chi connectivity index (χ0v) is 16.0. The minimum atomic E-state index is -0.437. The first-order chi connectivity index (χ1) is 12.3. The third kappa shape index (κ3) is 1.39. The summed E-state index contributed by atoms with van der Waals surface area (Å²) in [5.74, 6) is 1.01. The molecule has 6 aliphatic rings. The van der Waals surface area contributed by atoms with Crippen LogP contribution in [-0.4, -0.2) is 47.2 Å². The number of hydrogen-bond donors (Lipinski definition) is 1. The Morgan fingerprint density at radius 1 is 1.27 bits per heavy atom. The Labute approximate surface area is 154 Å². The van der Waals surface area contributed by atoms with Crippen molar-refractivity contribution in [2.75, 3.05) is 6.61 Å². The molecule has 26 heavy (non-hydrogen) atoms. The molecule has 0 aromatic heterocycles. The lowest BCUT2D eigenvalue weighted by Gasteiger charge is -2.55. The Morgan fingerprint density at radius 3 is 2.77 bits per heavy atom. The van der Waals surface area contributed by atoms with Gasteiger partial charge in [0, 0.05) is 11.0 Å². The maximum Gasteiger partial charge on any atom is 0.334 e. The lowest BCUT2D eigenvalue weighted by Crippen LogP contribution is -2.67. The summed E-state index contributed by atoms with van der Waals surface area (Å²) in [6, 6.07) is 0. The van der Waals surface area contributed by atoms with Gasteiger partial charge >= 0.3 is 5.97 Å². The first-order valence-electron chi connectivity index (χ1n) is 10.2. The van der Waals surface area contributed by atoms with Crippen molar-refractivity contribution >= 4 is 5.97 Å². The molecule has 3 heterocycles. The maximum absolute atomic E-state index is 12.1. The van der Waals surface area contributed by atoms with Gasteiger partial charge in [-0.05, 0) is 48.5 Å². The van der Waals surface area contributed by atoms with Gasteiger partial charge in [-0.3, -0.25) is 0 Å². The summed E-state index contributed by atoms with van der Waals surface area (Å²) < 4.78 is 18.4. The number of carbonyl (C=O) groups is 1. The fourth-order valence-corrected chi connectivity index (χ4v) is 7.97. The van der Waals surface area contributed by atoms with E-state index in [4.69, 9.17) is 14.2 Å². The van der Waals surface area contributed by atoms with E-state index in [0.717, 1.165) is 24.8 Å². The normalized spacial score (nSPS) is 59.1. The second kappa shape index (κ2) is 4.39. The molecule has 4 fully saturated rings. The van der Waals surface area contributed by atoms with Crippen molar-refractivity contribution in [3.8, 4) is 0 Å². The van der Waals surface area contributed by atoms with Gasteiger partial charge in [0.15, 0.2) is 0 Å². The number of esters is 1. The van der Waals surface area contributed by atoms with Gasteiger partial charge in [-0.2, -0.15) is 0 Å². The molecule has 3 aliphatic carbocycles. The summed E-state index contributed by atoms with van der Waals surface area (Å²) in [7, 11) is 0. The highest BCUT2D eigenvalue weighted by atomic mass is 16.7. The van der Waals surface area contributed by atoms with Crippen molar-refractivity contribution in [3.63, 3.8) is 0 Å². The predicted octanol–water partition coefficient (Wildman–Crippen LogP) is 2.22. The second-order valence-electron chi connectivity index (χ2n) is 10.1. The molecule has 9 atom stereocenters. The van der Waals surface area contributed by atoms with Crippen LogP contribution in [-0.2, 0) is 19.0 Å². The fraction of sp³-hybridized carbons (Fsp3) is 0.857. The Balaban J connectivity index is 1.48. The van der Waals surface area contributed by atoms with Gasteiger partial charge in [0.1, 0.15) is 23.9 Å². The van der Waals surface area contributed by atoms with Gasteiger partial charge < -0.3 is 19.3 Å². The molecular weight excluding hydrogens is 332 g/mol. The van der Waals surface area contributed by atoms with E-state index in [0.29, 0.717) is 12.5 Å². The molecule has 2 spiro atoms. The number of cyclic esters (lactones) is 1. The van der Waals surface area contributed by atoms with Crippen LogP contribution >= 0.6 is 0 Å². The smallest absolute Gasteiger partial charge is 0.334 e. The van der Waals surface area contributed by atoms with Crippen LogP contribution in [0.5, 0.6) is 0 Å². The largest absolute Gasteiger partial charge is 0.458 e. The number of hydrogen-bond acceptors (Lipinski definition) is 5. The highest BCUT2D eigenvalue weighted by molar-refractivity contribution is 5.92. The third-order valence-corrected chi connectivity index (χ3v) is 9.10. The Hall–Kier alpha value is -0.910. The van der Waals surface area contributed by atoms with E-state index in [-0.39, 0.29) is 46.9 Å². The summed E-state index contributed by atoms with van der Waals surface area (Å²) in [5.41, 5.74) is 1.33. The van der Waals surface area contributed by atoms with Crippen molar-refractivity contribution < 1.29 is 24.1 Å². The van der Waals surface area contributed by atoms with Crippen LogP contribution in [0, 0.1) is 29.1 Å². The molecule has 142 valence electrons. The van der Waals surface area contributed by atoms with Crippen LogP contribution in [0.1, 0.15) is 47.0 Å². The van der Waals surface area contributed by atoms with Crippen LogP contribution < -0.4 is 0 Å². The number of rotatable bonds is 1. The van der Waals surface area contributed by atoms with Crippen molar-refractivity contribution in [1.29, 1.82) is 0 Å². The number of epoxide rings is 2. The van der Waals surface area contributed by atoms with E-state index < -0.39 is 11.7 Å². The summed E-state index contributed by atoms with van der Waals surface area (Å²) >= 11 is 0. The molecular formula is C21H28O5. The average molecular weight is 360 g/mol. The predicted molar refractivity (Wildman–Crippen MR) is 92.1 cm³/mol.